The zero-order valence-electron chi connectivity index (χ0n) is 12.1. The molecule has 6 nitrogen and oxygen atoms in total. The number of carbonyl (C=O) groups is 2. The lowest BCUT2D eigenvalue weighted by atomic mass is 10.2. The lowest BCUT2D eigenvalue weighted by Crippen LogP contribution is -2.14. The smallest absolute Gasteiger partial charge is 0.343 e. The fourth-order valence-corrected chi connectivity index (χ4v) is 2.62. The number of Topliss-reactive ketones (excluding diaryl/α,β-unsaturated/α-hetero) is 1. The van der Waals surface area contributed by atoms with Crippen LogP contribution in [0.1, 0.15) is 40.8 Å². The first-order valence-electron chi connectivity index (χ1n) is 6.25. The van der Waals surface area contributed by atoms with Crippen molar-refractivity contribution in [2.24, 2.45) is 0 Å². The van der Waals surface area contributed by atoms with Crippen molar-refractivity contribution in [1.82, 2.24) is 0 Å². The van der Waals surface area contributed by atoms with Crippen LogP contribution in [0.4, 0.5) is 10.7 Å². The molecule has 0 radical (unpaired) electrons. The highest BCUT2D eigenvalue weighted by Crippen LogP contribution is 2.36. The fourth-order valence-electron chi connectivity index (χ4n) is 1.59. The van der Waals surface area contributed by atoms with Crippen molar-refractivity contribution < 1.29 is 19.1 Å². The molecule has 20 heavy (non-hydrogen) atoms. The Morgan fingerprint density at radius 3 is 2.55 bits per heavy atom. The number of nitrogen functional groups attached to an aromatic ring is 1. The Labute approximate surface area is 122 Å². The van der Waals surface area contributed by atoms with Crippen LogP contribution in [-0.4, -0.2) is 38.1 Å². The van der Waals surface area contributed by atoms with Crippen LogP contribution in [0.2, 0.25) is 0 Å². The lowest BCUT2D eigenvalue weighted by molar-refractivity contribution is 0.0603. The van der Waals surface area contributed by atoms with Crippen LogP contribution in [0.5, 0.6) is 0 Å². The van der Waals surface area contributed by atoms with Crippen LogP contribution in [0.3, 0.4) is 0 Å². The average molecular weight is 300 g/mol. The predicted molar refractivity (Wildman–Crippen MR) is 79.7 cm³/mol. The van der Waals surface area contributed by atoms with Gasteiger partial charge in [-0.2, -0.15) is 0 Å². The minimum absolute atomic E-state index is 0.137. The highest BCUT2D eigenvalue weighted by molar-refractivity contribution is 7.19. The summed E-state index contributed by atoms with van der Waals surface area (Å²) >= 11 is 1.15. The Bertz CT molecular complexity index is 497. The molecule has 0 fully saturated rings. The maximum Gasteiger partial charge on any atom is 0.343 e. The third-order valence-electron chi connectivity index (χ3n) is 2.49. The summed E-state index contributed by atoms with van der Waals surface area (Å²) in [5.74, 6) is -0.734. The van der Waals surface area contributed by atoms with E-state index >= 15 is 0 Å². The number of rotatable bonds is 7. The third-order valence-corrected chi connectivity index (χ3v) is 3.76. The van der Waals surface area contributed by atoms with E-state index in [1.807, 2.05) is 13.8 Å². The third kappa shape index (κ3) is 3.94. The van der Waals surface area contributed by atoms with Gasteiger partial charge in [-0.25, -0.2) is 4.79 Å². The Balaban J connectivity index is 2.90. The molecule has 0 saturated carbocycles. The number of ether oxygens (including phenoxy) is 2. The van der Waals surface area contributed by atoms with Gasteiger partial charge < -0.3 is 20.5 Å². The minimum Gasteiger partial charge on any atom is -0.465 e. The van der Waals surface area contributed by atoms with Crippen LogP contribution in [0.15, 0.2) is 0 Å². The molecule has 1 heterocycles. The van der Waals surface area contributed by atoms with Gasteiger partial charge in [-0.15, -0.1) is 11.3 Å². The van der Waals surface area contributed by atoms with E-state index in [-0.39, 0.29) is 23.1 Å². The number of hydrogen-bond acceptors (Lipinski definition) is 7. The Morgan fingerprint density at radius 1 is 1.40 bits per heavy atom. The second-order valence-electron chi connectivity index (χ2n) is 4.44. The summed E-state index contributed by atoms with van der Waals surface area (Å²) in [6.45, 7) is 6.30. The van der Waals surface area contributed by atoms with Gasteiger partial charge in [-0.3, -0.25) is 4.79 Å². The average Bonchev–Trinajstić information content (AvgIpc) is 2.71. The van der Waals surface area contributed by atoms with Crippen LogP contribution in [-0.2, 0) is 9.47 Å². The number of esters is 1. The van der Waals surface area contributed by atoms with E-state index in [1.54, 1.807) is 0 Å². The van der Waals surface area contributed by atoms with Crippen molar-refractivity contribution in [3.63, 3.8) is 0 Å². The molecule has 0 atom stereocenters. The van der Waals surface area contributed by atoms with Gasteiger partial charge in [0.05, 0.1) is 30.4 Å². The number of methoxy groups -OCH3 is 1. The summed E-state index contributed by atoms with van der Waals surface area (Å²) in [7, 11) is 1.28. The molecular weight excluding hydrogens is 280 g/mol. The molecule has 3 N–H and O–H groups in total. The van der Waals surface area contributed by atoms with Gasteiger partial charge in [0.2, 0.25) is 0 Å². The summed E-state index contributed by atoms with van der Waals surface area (Å²) in [6.07, 6.45) is 0.137. The summed E-state index contributed by atoms with van der Waals surface area (Å²) in [4.78, 5) is 23.6. The molecule has 1 rings (SSSR count). The maximum atomic E-state index is 11.8. The molecule has 0 spiro atoms. The van der Waals surface area contributed by atoms with E-state index in [9.17, 15) is 9.59 Å². The molecule has 0 unspecified atom stereocenters. The van der Waals surface area contributed by atoms with E-state index < -0.39 is 5.97 Å². The molecule has 112 valence electrons. The number of nitrogens with two attached hydrogens (primary N) is 1. The van der Waals surface area contributed by atoms with Gasteiger partial charge in [0.15, 0.2) is 5.78 Å². The minimum atomic E-state index is -0.557. The number of nitrogens with one attached hydrogen (secondary N) is 1. The van der Waals surface area contributed by atoms with Crippen molar-refractivity contribution >= 4 is 33.8 Å². The lowest BCUT2D eigenvalue weighted by Gasteiger charge is -2.09. The molecule has 0 aliphatic carbocycles. The molecule has 0 saturated heterocycles. The number of thiophene rings is 1. The van der Waals surface area contributed by atoms with Gasteiger partial charge in [0.1, 0.15) is 10.6 Å². The van der Waals surface area contributed by atoms with Crippen LogP contribution >= 0.6 is 11.3 Å². The maximum absolute atomic E-state index is 11.8. The molecule has 0 amide bonds. The molecule has 0 bridgehead atoms. The molecule has 1 aromatic rings. The first-order valence-corrected chi connectivity index (χ1v) is 7.07. The summed E-state index contributed by atoms with van der Waals surface area (Å²) < 4.78 is 10.1. The van der Waals surface area contributed by atoms with Crippen LogP contribution in [0.25, 0.3) is 0 Å². The van der Waals surface area contributed by atoms with Gasteiger partial charge >= 0.3 is 5.97 Å². The molecule has 7 heteroatoms. The topological polar surface area (TPSA) is 90.6 Å². The van der Waals surface area contributed by atoms with Crippen molar-refractivity contribution in [2.75, 3.05) is 31.3 Å². The molecule has 0 aromatic carbocycles. The monoisotopic (exact) mass is 300 g/mol. The highest BCUT2D eigenvalue weighted by Gasteiger charge is 2.24. The van der Waals surface area contributed by atoms with Gasteiger partial charge in [0, 0.05) is 13.5 Å². The second kappa shape index (κ2) is 7.25. The van der Waals surface area contributed by atoms with Gasteiger partial charge in [0.25, 0.3) is 0 Å². The molecular formula is C13H20N2O4S. The molecule has 1 aromatic heterocycles. The van der Waals surface area contributed by atoms with E-state index in [4.69, 9.17) is 15.2 Å². The van der Waals surface area contributed by atoms with E-state index in [2.05, 4.69) is 5.32 Å². The Hall–Kier alpha value is -1.60. The molecule has 0 aliphatic heterocycles. The largest absolute Gasteiger partial charge is 0.465 e. The summed E-state index contributed by atoms with van der Waals surface area (Å²) in [5, 5.41) is 3.59. The standard InChI is InChI=1S/C13H20N2O4S/c1-7(2)19-6-5-15-12-9(13(17)18-4)10(14)11(20-12)8(3)16/h7,15H,5-6,14H2,1-4H3. The Kier molecular flexibility index (Phi) is 5.97. The van der Waals surface area contributed by atoms with Gasteiger partial charge in [-0.05, 0) is 13.8 Å². The van der Waals surface area contributed by atoms with Crippen molar-refractivity contribution in [2.45, 2.75) is 26.9 Å². The highest BCUT2D eigenvalue weighted by atomic mass is 32.1. The summed E-state index contributed by atoms with van der Waals surface area (Å²) in [5.41, 5.74) is 6.23. The number of anilines is 2. The Morgan fingerprint density at radius 2 is 2.05 bits per heavy atom. The van der Waals surface area contributed by atoms with E-state index in [0.29, 0.717) is 23.0 Å². The van der Waals surface area contributed by atoms with E-state index in [1.165, 1.54) is 14.0 Å². The van der Waals surface area contributed by atoms with E-state index in [0.717, 1.165) is 11.3 Å². The number of carbonyl (C=O) groups excluding carboxylic acids is 2. The van der Waals surface area contributed by atoms with Gasteiger partial charge in [-0.1, -0.05) is 0 Å². The first-order chi connectivity index (χ1) is 9.38. The van der Waals surface area contributed by atoms with Crippen molar-refractivity contribution in [3.8, 4) is 0 Å². The first kappa shape index (κ1) is 16.5. The molecule has 0 aliphatic rings. The number of hydrogen-bond donors (Lipinski definition) is 2. The second-order valence-corrected chi connectivity index (χ2v) is 5.46. The zero-order valence-corrected chi connectivity index (χ0v) is 12.9. The van der Waals surface area contributed by atoms with Crippen molar-refractivity contribution in [3.05, 3.63) is 10.4 Å². The summed E-state index contributed by atoms with van der Waals surface area (Å²) in [6, 6.07) is 0. The van der Waals surface area contributed by atoms with Crippen LogP contribution < -0.4 is 11.1 Å². The quantitative estimate of drug-likeness (QED) is 0.455. The zero-order chi connectivity index (χ0) is 15.3. The van der Waals surface area contributed by atoms with Crippen molar-refractivity contribution in [1.29, 1.82) is 0 Å². The normalized spacial score (nSPS) is 10.7. The fraction of sp³-hybridized carbons (Fsp3) is 0.538. The predicted octanol–water partition coefficient (Wildman–Crippen LogP) is 2.16. The number of ketones is 1. The van der Waals surface area contributed by atoms with Crippen LogP contribution in [0, 0.1) is 0 Å². The SMILES string of the molecule is COC(=O)c1c(NCCOC(C)C)sc(C(C)=O)c1N.